The number of aromatic nitrogens is 1. The van der Waals surface area contributed by atoms with E-state index in [4.69, 9.17) is 0 Å². The molecule has 2 aromatic carbocycles. The number of benzene rings is 2. The molecule has 1 aromatic heterocycles. The molecule has 2 heterocycles. The molecule has 6 rings (SSSR count). The van der Waals surface area contributed by atoms with Gasteiger partial charge >= 0.3 is 0 Å². The van der Waals surface area contributed by atoms with Gasteiger partial charge in [-0.05, 0) is 79.8 Å². The van der Waals surface area contributed by atoms with Crippen LogP contribution in [0.2, 0.25) is 0 Å². The number of phenolic OH excluding ortho intramolecular Hbond substituents is 1. The van der Waals surface area contributed by atoms with E-state index in [1.807, 2.05) is 18.2 Å². The number of likely N-dealkylation sites (tertiary alicyclic amines) is 1. The van der Waals surface area contributed by atoms with Crippen molar-refractivity contribution in [3.8, 4) is 5.75 Å². The molecule has 2 fully saturated rings. The Morgan fingerprint density at radius 3 is 2.79 bits per heavy atom. The summed E-state index contributed by atoms with van der Waals surface area (Å²) in [5.41, 5.74) is 5.90. The number of piperidine rings is 1. The Bertz CT molecular complexity index is 1080. The fraction of sp³-hybridized carbons (Fsp3) is 0.462. The second kappa shape index (κ2) is 6.37. The molecule has 150 valence electrons. The van der Waals surface area contributed by atoms with Crippen molar-refractivity contribution in [3.05, 3.63) is 65.4 Å². The summed E-state index contributed by atoms with van der Waals surface area (Å²) in [6.45, 7) is 3.66. The van der Waals surface area contributed by atoms with E-state index in [0.29, 0.717) is 11.7 Å². The summed E-state index contributed by atoms with van der Waals surface area (Å²) in [6, 6.07) is 17.0. The summed E-state index contributed by atoms with van der Waals surface area (Å²) in [6.07, 6.45) is 6.26. The summed E-state index contributed by atoms with van der Waals surface area (Å²) in [4.78, 5) is 2.74. The van der Waals surface area contributed by atoms with Gasteiger partial charge in [-0.15, -0.1) is 0 Å². The van der Waals surface area contributed by atoms with Crippen molar-refractivity contribution >= 4 is 10.9 Å². The van der Waals surface area contributed by atoms with Crippen LogP contribution >= 0.6 is 0 Å². The van der Waals surface area contributed by atoms with Gasteiger partial charge in [0.25, 0.3) is 0 Å². The molecule has 1 saturated heterocycles. The third-order valence-electron chi connectivity index (χ3n) is 8.05. The number of phenols is 1. The fourth-order valence-electron chi connectivity index (χ4n) is 6.28. The van der Waals surface area contributed by atoms with Crippen LogP contribution in [0.4, 0.5) is 0 Å². The molecular formula is C26H30N2O. The SMILES string of the molecule is Cn1c2c(c3ccccc31)CC1CN(CC3CC3)CCC1(c1cccc(O)c1)C2. The maximum absolute atomic E-state index is 10.3. The van der Waals surface area contributed by atoms with Crippen LogP contribution in [0.25, 0.3) is 10.9 Å². The smallest absolute Gasteiger partial charge is 0.115 e. The molecule has 3 heteroatoms. The standard InChI is InChI=1S/C26H30N2O/c1-27-24-8-3-2-7-22(24)23-14-20-17-28(16-18-9-10-18)12-11-26(20,15-25(23)27)19-5-4-6-21(29)13-19/h2-8,13,18,20,29H,9-12,14-17H2,1H3. The minimum atomic E-state index is 0.133. The van der Waals surface area contributed by atoms with Crippen LogP contribution in [0, 0.1) is 11.8 Å². The molecule has 0 radical (unpaired) electrons. The lowest BCUT2D eigenvalue weighted by molar-refractivity contribution is 0.0776. The minimum Gasteiger partial charge on any atom is -0.508 e. The summed E-state index contributed by atoms with van der Waals surface area (Å²) >= 11 is 0. The van der Waals surface area contributed by atoms with Crippen molar-refractivity contribution in [1.29, 1.82) is 0 Å². The first-order valence-electron chi connectivity index (χ1n) is 11.2. The number of para-hydroxylation sites is 1. The first kappa shape index (κ1) is 17.6. The van der Waals surface area contributed by atoms with Gasteiger partial charge < -0.3 is 14.6 Å². The zero-order valence-electron chi connectivity index (χ0n) is 17.3. The predicted octanol–water partition coefficient (Wildman–Crippen LogP) is 4.65. The zero-order valence-corrected chi connectivity index (χ0v) is 17.3. The van der Waals surface area contributed by atoms with Gasteiger partial charge in [0.15, 0.2) is 0 Å². The van der Waals surface area contributed by atoms with Crippen molar-refractivity contribution in [2.24, 2.45) is 18.9 Å². The average molecular weight is 387 g/mol. The lowest BCUT2D eigenvalue weighted by atomic mass is 9.58. The lowest BCUT2D eigenvalue weighted by Gasteiger charge is -2.51. The summed E-state index contributed by atoms with van der Waals surface area (Å²) in [5.74, 6) is 1.95. The van der Waals surface area contributed by atoms with Gasteiger partial charge in [-0.25, -0.2) is 0 Å². The van der Waals surface area contributed by atoms with Crippen molar-refractivity contribution in [1.82, 2.24) is 9.47 Å². The number of fused-ring (bicyclic) bond motifs is 4. The quantitative estimate of drug-likeness (QED) is 0.710. The van der Waals surface area contributed by atoms with Gasteiger partial charge in [0, 0.05) is 42.1 Å². The predicted molar refractivity (Wildman–Crippen MR) is 117 cm³/mol. The Balaban J connectivity index is 1.47. The second-order valence-electron chi connectivity index (χ2n) is 9.74. The number of aromatic hydroxyl groups is 1. The molecule has 0 bridgehead atoms. The number of nitrogens with zero attached hydrogens (tertiary/aromatic N) is 2. The van der Waals surface area contributed by atoms with Gasteiger partial charge in [-0.1, -0.05) is 30.3 Å². The van der Waals surface area contributed by atoms with Crippen LogP contribution in [0.3, 0.4) is 0 Å². The third kappa shape index (κ3) is 2.74. The molecule has 1 saturated carbocycles. The van der Waals surface area contributed by atoms with Crippen LogP contribution in [0.1, 0.15) is 36.1 Å². The van der Waals surface area contributed by atoms with Crippen molar-refractivity contribution < 1.29 is 5.11 Å². The lowest BCUT2D eigenvalue weighted by Crippen LogP contribution is -2.54. The van der Waals surface area contributed by atoms with E-state index in [0.717, 1.165) is 18.8 Å². The van der Waals surface area contributed by atoms with Crippen LogP contribution in [0.5, 0.6) is 5.75 Å². The largest absolute Gasteiger partial charge is 0.508 e. The van der Waals surface area contributed by atoms with E-state index in [1.54, 1.807) is 5.56 Å². The molecule has 1 aliphatic heterocycles. The number of aryl methyl sites for hydroxylation is 1. The van der Waals surface area contributed by atoms with Gasteiger partial charge in [-0.3, -0.25) is 0 Å². The topological polar surface area (TPSA) is 28.4 Å². The Kier molecular flexibility index (Phi) is 3.86. The normalized spacial score (nSPS) is 27.0. The van der Waals surface area contributed by atoms with Crippen molar-refractivity contribution in [3.63, 3.8) is 0 Å². The fourth-order valence-corrected chi connectivity index (χ4v) is 6.28. The molecule has 2 unspecified atom stereocenters. The Hall–Kier alpha value is -2.26. The van der Waals surface area contributed by atoms with Gasteiger partial charge in [0.05, 0.1) is 0 Å². The first-order valence-corrected chi connectivity index (χ1v) is 11.2. The Morgan fingerprint density at radius 1 is 1.10 bits per heavy atom. The van der Waals surface area contributed by atoms with E-state index < -0.39 is 0 Å². The molecule has 3 nitrogen and oxygen atoms in total. The highest BCUT2D eigenvalue weighted by atomic mass is 16.3. The third-order valence-corrected chi connectivity index (χ3v) is 8.05. The van der Waals surface area contributed by atoms with E-state index in [1.165, 1.54) is 61.1 Å². The van der Waals surface area contributed by atoms with Gasteiger partial charge in [0.1, 0.15) is 5.75 Å². The van der Waals surface area contributed by atoms with Crippen molar-refractivity contribution in [2.75, 3.05) is 19.6 Å². The number of hydrogen-bond donors (Lipinski definition) is 1. The Morgan fingerprint density at radius 2 is 1.97 bits per heavy atom. The molecule has 29 heavy (non-hydrogen) atoms. The summed E-state index contributed by atoms with van der Waals surface area (Å²) < 4.78 is 2.43. The highest BCUT2D eigenvalue weighted by Gasteiger charge is 2.48. The first-order chi connectivity index (χ1) is 14.1. The van der Waals surface area contributed by atoms with E-state index in [-0.39, 0.29) is 5.41 Å². The van der Waals surface area contributed by atoms with E-state index in [2.05, 4.69) is 46.8 Å². The molecule has 0 spiro atoms. The molecule has 2 atom stereocenters. The van der Waals surface area contributed by atoms with Crippen LogP contribution in [0.15, 0.2) is 48.5 Å². The van der Waals surface area contributed by atoms with Gasteiger partial charge in [-0.2, -0.15) is 0 Å². The highest BCUT2D eigenvalue weighted by Crippen LogP contribution is 2.50. The zero-order chi connectivity index (χ0) is 19.6. The summed E-state index contributed by atoms with van der Waals surface area (Å²) in [5, 5.41) is 11.7. The molecule has 1 N–H and O–H groups in total. The monoisotopic (exact) mass is 386 g/mol. The second-order valence-corrected chi connectivity index (χ2v) is 9.74. The molecule has 3 aliphatic rings. The van der Waals surface area contributed by atoms with Crippen molar-refractivity contribution in [2.45, 2.75) is 37.5 Å². The maximum Gasteiger partial charge on any atom is 0.115 e. The number of hydrogen-bond acceptors (Lipinski definition) is 2. The molecule has 3 aromatic rings. The molecule has 2 aliphatic carbocycles. The molecular weight excluding hydrogens is 356 g/mol. The van der Waals surface area contributed by atoms with Crippen LogP contribution < -0.4 is 0 Å². The van der Waals surface area contributed by atoms with Crippen LogP contribution in [-0.4, -0.2) is 34.2 Å². The van der Waals surface area contributed by atoms with E-state index in [9.17, 15) is 5.11 Å². The highest BCUT2D eigenvalue weighted by molar-refractivity contribution is 5.86. The average Bonchev–Trinajstić information content (AvgIpc) is 3.52. The number of rotatable bonds is 3. The van der Waals surface area contributed by atoms with Gasteiger partial charge in [0.2, 0.25) is 0 Å². The van der Waals surface area contributed by atoms with E-state index >= 15 is 0 Å². The summed E-state index contributed by atoms with van der Waals surface area (Å²) in [7, 11) is 2.24. The minimum absolute atomic E-state index is 0.133. The van der Waals surface area contributed by atoms with Crippen LogP contribution in [-0.2, 0) is 25.3 Å². The maximum atomic E-state index is 10.3. The Labute approximate surface area is 173 Å². The molecule has 0 amide bonds.